The normalized spacial score (nSPS) is 18.8. The Labute approximate surface area is 187 Å². The monoisotopic (exact) mass is 446 g/mol. The number of carbonyl (C=O) groups excluding carboxylic acids is 1. The molecule has 2 aliphatic rings. The third-order valence-corrected chi connectivity index (χ3v) is 6.33. The van der Waals surface area contributed by atoms with Crippen LogP contribution < -0.4 is 5.32 Å². The number of hydrogen-bond acceptors (Lipinski definition) is 4. The van der Waals surface area contributed by atoms with E-state index in [0.717, 1.165) is 30.6 Å². The average Bonchev–Trinajstić information content (AvgIpc) is 3.13. The Kier molecular flexibility index (Phi) is 6.90. The maximum absolute atomic E-state index is 14.4. The van der Waals surface area contributed by atoms with Gasteiger partial charge in [-0.2, -0.15) is 5.10 Å². The van der Waals surface area contributed by atoms with Crippen LogP contribution in [0.5, 0.6) is 0 Å². The van der Waals surface area contributed by atoms with Crippen LogP contribution in [0.1, 0.15) is 53.1 Å². The highest BCUT2D eigenvalue weighted by atomic mass is 19.1. The van der Waals surface area contributed by atoms with E-state index in [9.17, 15) is 13.6 Å². The summed E-state index contributed by atoms with van der Waals surface area (Å²) >= 11 is 0. The highest BCUT2D eigenvalue weighted by Gasteiger charge is 2.32. The molecule has 1 fully saturated rings. The fourth-order valence-electron chi connectivity index (χ4n) is 4.57. The van der Waals surface area contributed by atoms with Crippen molar-refractivity contribution >= 4 is 5.91 Å². The van der Waals surface area contributed by atoms with Crippen LogP contribution in [-0.4, -0.2) is 52.9 Å². The third kappa shape index (κ3) is 4.71. The van der Waals surface area contributed by atoms with E-state index in [-0.39, 0.29) is 24.1 Å². The fraction of sp³-hybridized carbons (Fsp3) is 0.583. The fourth-order valence-corrected chi connectivity index (χ4v) is 4.57. The Morgan fingerprint density at radius 1 is 1.28 bits per heavy atom. The van der Waals surface area contributed by atoms with Gasteiger partial charge in [-0.05, 0) is 43.7 Å². The average molecular weight is 447 g/mol. The molecule has 174 valence electrons. The van der Waals surface area contributed by atoms with E-state index >= 15 is 0 Å². The number of hydrogen-bond donors (Lipinski definition) is 1. The van der Waals surface area contributed by atoms with E-state index in [1.54, 1.807) is 11.8 Å². The summed E-state index contributed by atoms with van der Waals surface area (Å²) in [6.07, 6.45) is 2.23. The summed E-state index contributed by atoms with van der Waals surface area (Å²) in [7, 11) is 0. The minimum Gasteiger partial charge on any atom is -0.378 e. The third-order valence-electron chi connectivity index (χ3n) is 6.33. The Morgan fingerprint density at radius 3 is 2.75 bits per heavy atom. The first-order valence-corrected chi connectivity index (χ1v) is 11.5. The summed E-state index contributed by atoms with van der Waals surface area (Å²) in [5.41, 5.74) is 3.10. The largest absolute Gasteiger partial charge is 0.378 e. The topological polar surface area (TPSA) is 59.4 Å². The summed E-state index contributed by atoms with van der Waals surface area (Å²) in [6, 6.07) is 2.78. The van der Waals surface area contributed by atoms with Crippen LogP contribution in [0.15, 0.2) is 12.1 Å². The number of ether oxygens (including phenoxy) is 1. The van der Waals surface area contributed by atoms with Gasteiger partial charge in [0.05, 0.1) is 13.2 Å². The summed E-state index contributed by atoms with van der Waals surface area (Å²) in [6.45, 7) is 9.00. The molecule has 1 aliphatic heterocycles. The Bertz CT molecular complexity index is 983. The zero-order valence-corrected chi connectivity index (χ0v) is 19.1. The molecule has 1 unspecified atom stereocenters. The second-order valence-corrected chi connectivity index (χ2v) is 9.23. The molecule has 0 saturated carbocycles. The smallest absolute Gasteiger partial charge is 0.274 e. The molecule has 8 heteroatoms. The molecule has 1 atom stereocenters. The van der Waals surface area contributed by atoms with E-state index < -0.39 is 11.6 Å². The van der Waals surface area contributed by atoms with E-state index in [2.05, 4.69) is 19.2 Å². The molecule has 1 aliphatic carbocycles. The number of carbonyl (C=O) groups is 1. The molecule has 1 saturated heterocycles. The predicted octanol–water partition coefficient (Wildman–Crippen LogP) is 3.25. The molecule has 1 aromatic carbocycles. The van der Waals surface area contributed by atoms with Crippen molar-refractivity contribution in [3.63, 3.8) is 0 Å². The molecule has 2 heterocycles. The number of morpholine rings is 1. The van der Waals surface area contributed by atoms with E-state index in [1.165, 1.54) is 12.1 Å². The lowest BCUT2D eigenvalue weighted by atomic mass is 9.90. The van der Waals surface area contributed by atoms with Crippen molar-refractivity contribution in [1.82, 2.24) is 20.0 Å². The first-order chi connectivity index (χ1) is 15.3. The number of halogens is 2. The Hall–Kier alpha value is -2.32. The quantitative estimate of drug-likeness (QED) is 0.740. The standard InChI is InChI=1S/C24H32F2N4O2/c1-15(2)14-30-21-7-5-17(27-13-19-20(25)6-4-16(3)22(19)26)12-18(21)23(28-30)24(31)29-8-10-32-11-9-29/h4,6,15,17,27H,5,7-14H2,1-3H3. The predicted molar refractivity (Wildman–Crippen MR) is 118 cm³/mol. The van der Waals surface area contributed by atoms with Crippen LogP contribution in [0.2, 0.25) is 0 Å². The van der Waals surface area contributed by atoms with Gasteiger partial charge in [-0.1, -0.05) is 19.9 Å². The summed E-state index contributed by atoms with van der Waals surface area (Å²) in [4.78, 5) is 15.1. The van der Waals surface area contributed by atoms with Crippen LogP contribution in [0, 0.1) is 24.5 Å². The molecule has 0 radical (unpaired) electrons. The lowest BCUT2D eigenvalue weighted by Gasteiger charge is -2.28. The van der Waals surface area contributed by atoms with Gasteiger partial charge in [0.25, 0.3) is 5.91 Å². The van der Waals surface area contributed by atoms with Gasteiger partial charge in [0.1, 0.15) is 11.6 Å². The lowest BCUT2D eigenvalue weighted by molar-refractivity contribution is 0.0297. The molecule has 1 aromatic heterocycles. The summed E-state index contributed by atoms with van der Waals surface area (Å²) in [5, 5.41) is 8.06. The number of nitrogens with one attached hydrogen (secondary N) is 1. The van der Waals surface area contributed by atoms with Crippen LogP contribution in [0.3, 0.4) is 0 Å². The van der Waals surface area contributed by atoms with Gasteiger partial charge in [0.15, 0.2) is 5.69 Å². The number of benzene rings is 1. The van der Waals surface area contributed by atoms with Crippen molar-refractivity contribution in [2.75, 3.05) is 26.3 Å². The van der Waals surface area contributed by atoms with E-state index in [1.807, 2.05) is 4.68 Å². The zero-order chi connectivity index (χ0) is 22.8. The summed E-state index contributed by atoms with van der Waals surface area (Å²) in [5.74, 6) is -0.677. The maximum atomic E-state index is 14.4. The van der Waals surface area contributed by atoms with E-state index in [4.69, 9.17) is 9.84 Å². The number of amides is 1. The molecule has 1 N–H and O–H groups in total. The molecule has 6 nitrogen and oxygen atoms in total. The Balaban J connectivity index is 1.55. The van der Waals surface area contributed by atoms with Crippen molar-refractivity contribution in [3.05, 3.63) is 51.8 Å². The van der Waals surface area contributed by atoms with E-state index in [0.29, 0.717) is 49.9 Å². The van der Waals surface area contributed by atoms with Gasteiger partial charge in [-0.25, -0.2) is 8.78 Å². The van der Waals surface area contributed by atoms with Gasteiger partial charge >= 0.3 is 0 Å². The Morgan fingerprint density at radius 2 is 2.03 bits per heavy atom. The highest BCUT2D eigenvalue weighted by molar-refractivity contribution is 5.94. The van der Waals surface area contributed by atoms with Gasteiger partial charge in [-0.3, -0.25) is 9.48 Å². The first-order valence-electron chi connectivity index (χ1n) is 11.5. The highest BCUT2D eigenvalue weighted by Crippen LogP contribution is 2.27. The first kappa shape index (κ1) is 22.9. The molecular weight excluding hydrogens is 414 g/mol. The van der Waals surface area contributed by atoms with Gasteiger partial charge in [0.2, 0.25) is 0 Å². The van der Waals surface area contributed by atoms with Gasteiger partial charge < -0.3 is 15.0 Å². The van der Waals surface area contributed by atoms with Crippen LogP contribution in [-0.2, 0) is 30.7 Å². The van der Waals surface area contributed by atoms with Crippen molar-refractivity contribution in [2.45, 2.75) is 59.2 Å². The van der Waals surface area contributed by atoms with Crippen molar-refractivity contribution in [2.24, 2.45) is 5.92 Å². The zero-order valence-electron chi connectivity index (χ0n) is 19.1. The lowest BCUT2D eigenvalue weighted by Crippen LogP contribution is -2.41. The summed E-state index contributed by atoms with van der Waals surface area (Å²) < 4.78 is 35.9. The molecule has 32 heavy (non-hydrogen) atoms. The van der Waals surface area contributed by atoms with Crippen molar-refractivity contribution in [1.29, 1.82) is 0 Å². The van der Waals surface area contributed by atoms with Crippen LogP contribution >= 0.6 is 0 Å². The minimum absolute atomic E-state index is 0.0229. The number of nitrogens with zero attached hydrogens (tertiary/aromatic N) is 3. The molecular formula is C24H32F2N4O2. The number of aromatic nitrogens is 2. The SMILES string of the molecule is Cc1ccc(F)c(CNC2CCc3c(c(C(=O)N4CCOCC4)nn3CC(C)C)C2)c1F. The van der Waals surface area contributed by atoms with Crippen LogP contribution in [0.25, 0.3) is 0 Å². The second-order valence-electron chi connectivity index (χ2n) is 9.23. The minimum atomic E-state index is -0.537. The van der Waals surface area contributed by atoms with Crippen LogP contribution in [0.4, 0.5) is 8.78 Å². The van der Waals surface area contributed by atoms with Crippen molar-refractivity contribution < 1.29 is 18.3 Å². The molecule has 0 bridgehead atoms. The molecule has 1 amide bonds. The molecule has 0 spiro atoms. The number of fused-ring (bicyclic) bond motifs is 1. The second kappa shape index (κ2) is 9.67. The molecule has 2 aromatic rings. The number of aryl methyl sites for hydroxylation is 1. The molecule has 4 rings (SSSR count). The number of rotatable bonds is 6. The van der Waals surface area contributed by atoms with Gasteiger partial charge in [0, 0.05) is 49.0 Å². The maximum Gasteiger partial charge on any atom is 0.274 e. The van der Waals surface area contributed by atoms with Gasteiger partial charge in [-0.15, -0.1) is 0 Å². The van der Waals surface area contributed by atoms with Crippen molar-refractivity contribution in [3.8, 4) is 0 Å².